The Morgan fingerprint density at radius 1 is 1.13 bits per heavy atom. The monoisotopic (exact) mass is 485 g/mol. The molecule has 0 atom stereocenters. The lowest BCUT2D eigenvalue weighted by atomic mass is 10.0. The molecule has 1 aliphatic heterocycles. The highest BCUT2D eigenvalue weighted by Gasteiger charge is 2.25. The average molecular weight is 487 g/mol. The number of nitrogens with zero attached hydrogens (tertiary/aromatic N) is 1. The number of allylic oxidation sites excluding steroid dienone is 2. The molecule has 0 saturated carbocycles. The predicted octanol–water partition coefficient (Wildman–Crippen LogP) is 4.15. The zero-order valence-electron chi connectivity index (χ0n) is 16.8. The van der Waals surface area contributed by atoms with E-state index in [9.17, 15) is 4.79 Å². The maximum atomic E-state index is 13.1. The van der Waals surface area contributed by atoms with Crippen molar-refractivity contribution in [2.75, 3.05) is 39.3 Å². The van der Waals surface area contributed by atoms with Crippen molar-refractivity contribution >= 4 is 45.1 Å². The zero-order chi connectivity index (χ0) is 20.9. The first-order valence-electron chi connectivity index (χ1n) is 10.3. The smallest absolute Gasteiger partial charge is 0.252 e. The van der Waals surface area contributed by atoms with Crippen molar-refractivity contribution in [3.8, 4) is 0 Å². The van der Waals surface area contributed by atoms with Crippen LogP contribution >= 0.6 is 27.5 Å². The van der Waals surface area contributed by atoms with Gasteiger partial charge in [0, 0.05) is 48.8 Å². The second kappa shape index (κ2) is 9.92. The molecule has 2 aromatic carbocycles. The lowest BCUT2D eigenvalue weighted by molar-refractivity contribution is -0.115. The summed E-state index contributed by atoms with van der Waals surface area (Å²) >= 11 is 9.54. The van der Waals surface area contributed by atoms with E-state index in [2.05, 4.69) is 43.6 Å². The standard InChI is InChI=1S/C24H25BrClN3O/c25-20-5-8-22-19(16-20)15-18(4-1-17-2-6-21(26)7-3-17)23(22)24(30)28-11-14-29-12-9-27-10-13-29/h1-8,16,27H,9-15H2,(H,28,30)/b4-1+. The molecule has 2 N–H and O–H groups in total. The van der Waals surface area contributed by atoms with Gasteiger partial charge in [0.25, 0.3) is 5.91 Å². The number of carbonyl (C=O) groups is 1. The highest BCUT2D eigenvalue weighted by molar-refractivity contribution is 9.10. The molecule has 2 aromatic rings. The molecule has 0 unspecified atom stereocenters. The molecule has 0 bridgehead atoms. The number of piperazine rings is 1. The summed E-state index contributed by atoms with van der Waals surface area (Å²) in [4.78, 5) is 15.5. The lowest BCUT2D eigenvalue weighted by Gasteiger charge is -2.27. The van der Waals surface area contributed by atoms with Crippen LogP contribution in [0.3, 0.4) is 0 Å². The second-order valence-electron chi connectivity index (χ2n) is 7.61. The van der Waals surface area contributed by atoms with Crippen LogP contribution in [0, 0.1) is 0 Å². The van der Waals surface area contributed by atoms with Gasteiger partial charge in [0.15, 0.2) is 0 Å². The van der Waals surface area contributed by atoms with Crippen molar-refractivity contribution < 1.29 is 4.79 Å². The summed E-state index contributed by atoms with van der Waals surface area (Å²) in [5.41, 5.74) is 5.07. The number of halogens is 2. The van der Waals surface area contributed by atoms with Gasteiger partial charge in [-0.25, -0.2) is 0 Å². The fraction of sp³-hybridized carbons (Fsp3) is 0.292. The maximum absolute atomic E-state index is 13.1. The van der Waals surface area contributed by atoms with E-state index in [-0.39, 0.29) is 5.91 Å². The van der Waals surface area contributed by atoms with Crippen molar-refractivity contribution in [3.63, 3.8) is 0 Å². The fourth-order valence-corrected chi connectivity index (χ4v) is 4.49. The molecule has 30 heavy (non-hydrogen) atoms. The van der Waals surface area contributed by atoms with Crippen molar-refractivity contribution in [3.05, 3.63) is 80.3 Å². The van der Waals surface area contributed by atoms with Crippen molar-refractivity contribution in [1.82, 2.24) is 15.5 Å². The fourth-order valence-electron chi connectivity index (χ4n) is 3.95. The first kappa shape index (κ1) is 21.3. The summed E-state index contributed by atoms with van der Waals surface area (Å²) in [6.07, 6.45) is 4.85. The topological polar surface area (TPSA) is 44.4 Å². The van der Waals surface area contributed by atoms with Gasteiger partial charge >= 0.3 is 0 Å². The normalized spacial score (nSPS) is 16.9. The van der Waals surface area contributed by atoms with Gasteiger partial charge in [0.2, 0.25) is 0 Å². The molecule has 1 heterocycles. The third-order valence-corrected chi connectivity index (χ3v) is 6.28. The number of carbonyl (C=O) groups excluding carboxylic acids is 1. The molecule has 2 aliphatic rings. The van der Waals surface area contributed by atoms with Crippen LogP contribution in [0.1, 0.15) is 16.7 Å². The van der Waals surface area contributed by atoms with E-state index in [0.29, 0.717) is 11.6 Å². The van der Waals surface area contributed by atoms with Crippen LogP contribution in [0.2, 0.25) is 5.02 Å². The van der Waals surface area contributed by atoms with Crippen LogP contribution in [0.15, 0.2) is 58.6 Å². The summed E-state index contributed by atoms with van der Waals surface area (Å²) in [5.74, 6) is 0.00182. The van der Waals surface area contributed by atoms with Crippen molar-refractivity contribution in [2.24, 2.45) is 0 Å². The Labute approximate surface area is 191 Å². The van der Waals surface area contributed by atoms with E-state index < -0.39 is 0 Å². The molecule has 1 aliphatic carbocycles. The predicted molar refractivity (Wildman–Crippen MR) is 128 cm³/mol. The van der Waals surface area contributed by atoms with E-state index >= 15 is 0 Å². The molecule has 0 radical (unpaired) electrons. The Balaban J connectivity index is 1.51. The summed E-state index contributed by atoms with van der Waals surface area (Å²) in [6, 6.07) is 13.8. The van der Waals surface area contributed by atoms with E-state index in [1.165, 1.54) is 5.56 Å². The number of hydrogen-bond acceptors (Lipinski definition) is 3. The number of fused-ring (bicyclic) bond motifs is 1. The third kappa shape index (κ3) is 5.22. The third-order valence-electron chi connectivity index (χ3n) is 5.54. The number of rotatable bonds is 6. The molecule has 1 saturated heterocycles. The molecule has 1 fully saturated rings. The molecule has 0 aromatic heterocycles. The van der Waals surface area contributed by atoms with E-state index in [1.807, 2.05) is 42.5 Å². The van der Waals surface area contributed by atoms with Crippen molar-refractivity contribution in [1.29, 1.82) is 0 Å². The SMILES string of the molecule is O=C(NCCN1CCNCC1)C1=C(/C=C/c2ccc(Cl)cc2)Cc2cc(Br)ccc21. The van der Waals surface area contributed by atoms with Crippen LogP contribution in [-0.2, 0) is 11.2 Å². The Morgan fingerprint density at radius 3 is 2.67 bits per heavy atom. The van der Waals surface area contributed by atoms with Crippen molar-refractivity contribution in [2.45, 2.75) is 6.42 Å². The summed E-state index contributed by atoms with van der Waals surface area (Å²) in [6.45, 7) is 5.63. The number of hydrogen-bond donors (Lipinski definition) is 2. The van der Waals surface area contributed by atoms with E-state index in [4.69, 9.17) is 11.6 Å². The minimum absolute atomic E-state index is 0.00182. The van der Waals surface area contributed by atoms with Gasteiger partial charge in [-0.2, -0.15) is 0 Å². The van der Waals surface area contributed by atoms with Gasteiger partial charge in [-0.05, 0) is 52.9 Å². The zero-order valence-corrected chi connectivity index (χ0v) is 19.1. The van der Waals surface area contributed by atoms with Gasteiger partial charge in [-0.3, -0.25) is 9.69 Å². The maximum Gasteiger partial charge on any atom is 0.252 e. The Morgan fingerprint density at radius 2 is 1.90 bits per heavy atom. The molecule has 6 heteroatoms. The first-order valence-corrected chi connectivity index (χ1v) is 11.4. The van der Waals surface area contributed by atoms with Crippen LogP contribution < -0.4 is 10.6 Å². The molecular formula is C24H25BrClN3O. The highest BCUT2D eigenvalue weighted by atomic mass is 79.9. The van der Waals surface area contributed by atoms with E-state index in [0.717, 1.165) is 65.9 Å². The number of amides is 1. The van der Waals surface area contributed by atoms with Crippen LogP contribution in [0.5, 0.6) is 0 Å². The minimum atomic E-state index is 0.00182. The van der Waals surface area contributed by atoms with Gasteiger partial charge in [-0.15, -0.1) is 0 Å². The highest BCUT2D eigenvalue weighted by Crippen LogP contribution is 2.35. The van der Waals surface area contributed by atoms with Gasteiger partial charge in [0.1, 0.15) is 0 Å². The lowest BCUT2D eigenvalue weighted by Crippen LogP contribution is -2.46. The number of nitrogens with one attached hydrogen (secondary N) is 2. The summed E-state index contributed by atoms with van der Waals surface area (Å²) in [7, 11) is 0. The van der Waals surface area contributed by atoms with E-state index in [1.54, 1.807) is 0 Å². The van der Waals surface area contributed by atoms with Crippen LogP contribution in [0.4, 0.5) is 0 Å². The quantitative estimate of drug-likeness (QED) is 0.645. The van der Waals surface area contributed by atoms with Crippen LogP contribution in [-0.4, -0.2) is 50.1 Å². The van der Waals surface area contributed by atoms with Gasteiger partial charge in [0.05, 0.1) is 5.57 Å². The van der Waals surface area contributed by atoms with Crippen LogP contribution in [0.25, 0.3) is 11.6 Å². The Bertz CT molecular complexity index is 978. The largest absolute Gasteiger partial charge is 0.351 e. The number of benzene rings is 2. The molecule has 4 rings (SSSR count). The Kier molecular flexibility index (Phi) is 7.05. The summed E-state index contributed by atoms with van der Waals surface area (Å²) < 4.78 is 1.03. The molecule has 4 nitrogen and oxygen atoms in total. The average Bonchev–Trinajstić information content (AvgIpc) is 3.11. The molecule has 0 spiro atoms. The minimum Gasteiger partial charge on any atom is -0.351 e. The van der Waals surface area contributed by atoms with Gasteiger partial charge in [-0.1, -0.05) is 57.9 Å². The summed E-state index contributed by atoms with van der Waals surface area (Å²) in [5, 5.41) is 7.21. The Hall–Kier alpha value is -1.92. The first-order chi connectivity index (χ1) is 14.6. The molecule has 1 amide bonds. The molecular weight excluding hydrogens is 462 g/mol. The van der Waals surface area contributed by atoms with Gasteiger partial charge < -0.3 is 10.6 Å². The molecule has 156 valence electrons. The second-order valence-corrected chi connectivity index (χ2v) is 8.96.